The Morgan fingerprint density at radius 3 is 2.31 bits per heavy atom. The van der Waals surface area contributed by atoms with E-state index >= 15 is 0 Å². The van der Waals surface area contributed by atoms with Gasteiger partial charge in [0, 0.05) is 52.1 Å². The summed E-state index contributed by atoms with van der Waals surface area (Å²) in [6.07, 6.45) is 4.05. The molecule has 0 radical (unpaired) electrons. The Hall–Kier alpha value is -1.97. The number of aryl methyl sites for hydroxylation is 2. The van der Waals surface area contributed by atoms with Gasteiger partial charge in [-0.15, -0.1) is 0 Å². The second-order valence-corrected chi connectivity index (χ2v) is 10.7. The van der Waals surface area contributed by atoms with Crippen molar-refractivity contribution in [2.75, 3.05) is 52.4 Å². The molecule has 0 unspecified atom stereocenters. The molecule has 2 heterocycles. The number of amides is 2. The lowest BCUT2D eigenvalue weighted by atomic mass is 10.1. The summed E-state index contributed by atoms with van der Waals surface area (Å²) in [5.41, 5.74) is 1.62. The zero-order valence-electron chi connectivity index (χ0n) is 19.3. The number of nitrogens with zero attached hydrogens (tertiary/aromatic N) is 3. The summed E-state index contributed by atoms with van der Waals surface area (Å²) in [5.74, 6) is -0.202. The molecule has 1 N–H and O–H groups in total. The second-order valence-electron chi connectivity index (χ2n) is 8.81. The van der Waals surface area contributed by atoms with Crippen molar-refractivity contribution in [3.8, 4) is 0 Å². The van der Waals surface area contributed by atoms with Crippen molar-refractivity contribution in [2.45, 2.75) is 50.8 Å². The Morgan fingerprint density at radius 1 is 0.938 bits per heavy atom. The zero-order valence-corrected chi connectivity index (χ0v) is 20.1. The molecular formula is C23H36N4O4S. The molecule has 8 nitrogen and oxygen atoms in total. The molecular weight excluding hydrogens is 428 g/mol. The number of nitrogens with one attached hydrogen (secondary N) is 1. The van der Waals surface area contributed by atoms with Gasteiger partial charge in [-0.3, -0.25) is 9.59 Å². The summed E-state index contributed by atoms with van der Waals surface area (Å²) in [4.78, 5) is 29.0. The highest BCUT2D eigenvalue weighted by Crippen LogP contribution is 2.22. The molecule has 178 valence electrons. The topological polar surface area (TPSA) is 90.0 Å². The molecule has 32 heavy (non-hydrogen) atoms. The van der Waals surface area contributed by atoms with Crippen LogP contribution in [-0.4, -0.2) is 86.7 Å². The van der Waals surface area contributed by atoms with Gasteiger partial charge in [-0.05, 0) is 57.0 Å². The van der Waals surface area contributed by atoms with Gasteiger partial charge in [-0.2, -0.15) is 4.31 Å². The van der Waals surface area contributed by atoms with Crippen LogP contribution < -0.4 is 5.32 Å². The van der Waals surface area contributed by atoms with Crippen molar-refractivity contribution in [2.24, 2.45) is 0 Å². The Kier molecular flexibility index (Phi) is 8.67. The number of hydrogen-bond donors (Lipinski definition) is 1. The summed E-state index contributed by atoms with van der Waals surface area (Å²) >= 11 is 0. The van der Waals surface area contributed by atoms with Crippen LogP contribution in [0.4, 0.5) is 0 Å². The Morgan fingerprint density at radius 2 is 1.62 bits per heavy atom. The predicted octanol–water partition coefficient (Wildman–Crippen LogP) is 1.52. The summed E-state index contributed by atoms with van der Waals surface area (Å²) in [6.45, 7) is 8.56. The molecule has 2 aliphatic rings. The number of benzene rings is 1. The third kappa shape index (κ3) is 6.52. The van der Waals surface area contributed by atoms with E-state index in [2.05, 4.69) is 10.2 Å². The highest BCUT2D eigenvalue weighted by Gasteiger charge is 2.31. The fourth-order valence-electron chi connectivity index (χ4n) is 4.31. The number of carbonyl (C=O) groups excluding carboxylic acids is 2. The van der Waals surface area contributed by atoms with Crippen LogP contribution in [-0.2, 0) is 19.6 Å². The maximum atomic E-state index is 13.0. The molecule has 2 amide bonds. The first-order valence-corrected chi connectivity index (χ1v) is 13.1. The van der Waals surface area contributed by atoms with E-state index in [-0.39, 0.29) is 37.7 Å². The van der Waals surface area contributed by atoms with Gasteiger partial charge in [0.25, 0.3) is 0 Å². The van der Waals surface area contributed by atoms with Crippen molar-refractivity contribution >= 4 is 21.8 Å². The van der Waals surface area contributed by atoms with Gasteiger partial charge in [0.05, 0.1) is 4.90 Å². The van der Waals surface area contributed by atoms with Crippen LogP contribution in [0.25, 0.3) is 0 Å². The van der Waals surface area contributed by atoms with Gasteiger partial charge >= 0.3 is 0 Å². The number of sulfonamides is 1. The molecule has 0 aliphatic carbocycles. The largest absolute Gasteiger partial charge is 0.355 e. The smallest absolute Gasteiger partial charge is 0.243 e. The lowest BCUT2D eigenvalue weighted by Crippen LogP contribution is -2.50. The highest BCUT2D eigenvalue weighted by molar-refractivity contribution is 7.89. The van der Waals surface area contributed by atoms with E-state index in [1.165, 1.54) is 23.6 Å². The maximum Gasteiger partial charge on any atom is 0.243 e. The van der Waals surface area contributed by atoms with Crippen LogP contribution in [0.3, 0.4) is 0 Å². The fraction of sp³-hybridized carbons (Fsp3) is 0.652. The first-order chi connectivity index (χ1) is 15.3. The van der Waals surface area contributed by atoms with Crippen LogP contribution in [0.15, 0.2) is 23.1 Å². The first-order valence-electron chi connectivity index (χ1n) is 11.6. The van der Waals surface area contributed by atoms with Gasteiger partial charge in [0.15, 0.2) is 0 Å². The third-order valence-corrected chi connectivity index (χ3v) is 8.36. The molecule has 0 atom stereocenters. The number of rotatable bonds is 8. The lowest BCUT2D eigenvalue weighted by molar-refractivity contribution is -0.134. The molecule has 0 bridgehead atoms. The van der Waals surface area contributed by atoms with Gasteiger partial charge < -0.3 is 15.1 Å². The molecule has 2 fully saturated rings. The number of piperidine rings is 1. The number of likely N-dealkylation sites (tertiary alicyclic amines) is 1. The maximum absolute atomic E-state index is 13.0. The second kappa shape index (κ2) is 11.2. The molecule has 1 aromatic carbocycles. The van der Waals surface area contributed by atoms with Crippen LogP contribution >= 0.6 is 0 Å². The number of piperazine rings is 1. The number of hydrogen-bond acceptors (Lipinski definition) is 5. The van der Waals surface area contributed by atoms with Crippen molar-refractivity contribution < 1.29 is 18.0 Å². The van der Waals surface area contributed by atoms with Crippen molar-refractivity contribution in [1.29, 1.82) is 0 Å². The third-order valence-electron chi connectivity index (χ3n) is 6.32. The normalized spacial score (nSPS) is 18.5. The quantitative estimate of drug-likeness (QED) is 0.630. The van der Waals surface area contributed by atoms with Gasteiger partial charge in [0.2, 0.25) is 21.8 Å². The van der Waals surface area contributed by atoms with E-state index < -0.39 is 10.0 Å². The van der Waals surface area contributed by atoms with Crippen molar-refractivity contribution in [1.82, 2.24) is 19.4 Å². The van der Waals surface area contributed by atoms with E-state index in [1.807, 2.05) is 19.1 Å². The SMILES string of the molecule is Cc1ccc(C)c(S(=O)(=O)N2CCN(C(=O)CCC(=O)NCCN3CCCCC3)CC2)c1. The van der Waals surface area contributed by atoms with Gasteiger partial charge in [0.1, 0.15) is 0 Å². The van der Waals surface area contributed by atoms with Crippen LogP contribution in [0, 0.1) is 13.8 Å². The Balaban J connectivity index is 1.40. The monoisotopic (exact) mass is 464 g/mol. The van der Waals surface area contributed by atoms with Crippen LogP contribution in [0.2, 0.25) is 0 Å². The summed E-state index contributed by atoms with van der Waals surface area (Å²) in [7, 11) is -3.58. The highest BCUT2D eigenvalue weighted by atomic mass is 32.2. The minimum Gasteiger partial charge on any atom is -0.355 e. The van der Waals surface area contributed by atoms with Crippen LogP contribution in [0.1, 0.15) is 43.2 Å². The molecule has 0 aromatic heterocycles. The van der Waals surface area contributed by atoms with Crippen molar-refractivity contribution in [3.63, 3.8) is 0 Å². The first kappa shape index (κ1) is 24.7. The molecule has 0 spiro atoms. The summed E-state index contributed by atoms with van der Waals surface area (Å²) in [5, 5.41) is 2.90. The molecule has 1 aromatic rings. The van der Waals surface area contributed by atoms with Gasteiger partial charge in [-0.1, -0.05) is 18.6 Å². The van der Waals surface area contributed by atoms with Gasteiger partial charge in [-0.25, -0.2) is 8.42 Å². The zero-order chi connectivity index (χ0) is 23.1. The van der Waals surface area contributed by atoms with Crippen molar-refractivity contribution in [3.05, 3.63) is 29.3 Å². The minimum atomic E-state index is -3.58. The van der Waals surface area contributed by atoms with E-state index in [1.54, 1.807) is 17.9 Å². The Labute approximate surface area is 192 Å². The summed E-state index contributed by atoms with van der Waals surface area (Å²) in [6, 6.07) is 5.42. The Bertz CT molecular complexity index is 905. The predicted molar refractivity (Wildman–Crippen MR) is 124 cm³/mol. The van der Waals surface area contributed by atoms with E-state index in [9.17, 15) is 18.0 Å². The lowest BCUT2D eigenvalue weighted by Gasteiger charge is -2.34. The molecule has 2 saturated heterocycles. The molecule has 9 heteroatoms. The molecule has 0 saturated carbocycles. The molecule has 2 aliphatic heterocycles. The van der Waals surface area contributed by atoms with E-state index in [4.69, 9.17) is 0 Å². The fourth-order valence-corrected chi connectivity index (χ4v) is 6.04. The van der Waals surface area contributed by atoms with E-state index in [0.29, 0.717) is 24.5 Å². The minimum absolute atomic E-state index is 0.0973. The average Bonchev–Trinajstić information content (AvgIpc) is 2.79. The summed E-state index contributed by atoms with van der Waals surface area (Å²) < 4.78 is 27.5. The molecule has 3 rings (SSSR count). The number of carbonyl (C=O) groups is 2. The van der Waals surface area contributed by atoms with Crippen LogP contribution in [0.5, 0.6) is 0 Å². The average molecular weight is 465 g/mol. The van der Waals surface area contributed by atoms with E-state index in [0.717, 1.165) is 30.8 Å². The standard InChI is InChI=1S/C23H36N4O4S/c1-19-6-7-20(2)21(18-19)32(30,31)27-16-14-26(15-17-27)23(29)9-8-22(28)24-10-13-25-11-4-3-5-12-25/h6-7,18H,3-5,8-17H2,1-2H3,(H,24,28).